The Morgan fingerprint density at radius 1 is 1.19 bits per heavy atom. The van der Waals surface area contributed by atoms with E-state index in [0.29, 0.717) is 18.9 Å². The van der Waals surface area contributed by atoms with Gasteiger partial charge in [0.25, 0.3) is 0 Å². The molecular weight excluding hydrogens is 348 g/mol. The van der Waals surface area contributed by atoms with Gasteiger partial charge in [0.05, 0.1) is 24.1 Å². The SMILES string of the molecule is O=C(CCN1C(=O)CSc2ccccc21)N[C@@H]1CCOc2ccccc21. The van der Waals surface area contributed by atoms with Gasteiger partial charge in [-0.3, -0.25) is 9.59 Å². The summed E-state index contributed by atoms with van der Waals surface area (Å²) >= 11 is 1.55. The highest BCUT2D eigenvalue weighted by molar-refractivity contribution is 8.00. The summed E-state index contributed by atoms with van der Waals surface area (Å²) in [6.07, 6.45) is 1.04. The lowest BCUT2D eigenvalue weighted by molar-refractivity contribution is -0.122. The smallest absolute Gasteiger partial charge is 0.237 e. The number of anilines is 1. The molecule has 0 saturated heterocycles. The number of nitrogens with one attached hydrogen (secondary N) is 1. The van der Waals surface area contributed by atoms with Gasteiger partial charge in [0.1, 0.15) is 5.75 Å². The van der Waals surface area contributed by atoms with Gasteiger partial charge < -0.3 is 15.0 Å². The van der Waals surface area contributed by atoms with Crippen LogP contribution in [0, 0.1) is 0 Å². The van der Waals surface area contributed by atoms with E-state index in [1.807, 2.05) is 48.5 Å². The molecule has 2 aliphatic rings. The van der Waals surface area contributed by atoms with Gasteiger partial charge in [0.2, 0.25) is 11.8 Å². The second kappa shape index (κ2) is 7.41. The Hall–Kier alpha value is -2.47. The Morgan fingerprint density at radius 2 is 2.00 bits per heavy atom. The number of hydrogen-bond acceptors (Lipinski definition) is 4. The summed E-state index contributed by atoms with van der Waals surface area (Å²) in [7, 11) is 0. The van der Waals surface area contributed by atoms with Crippen molar-refractivity contribution >= 4 is 29.3 Å². The van der Waals surface area contributed by atoms with E-state index in [4.69, 9.17) is 4.74 Å². The normalized spacial score (nSPS) is 18.5. The molecule has 2 amide bonds. The molecule has 1 N–H and O–H groups in total. The average molecular weight is 368 g/mol. The van der Waals surface area contributed by atoms with Crippen molar-refractivity contribution < 1.29 is 14.3 Å². The number of para-hydroxylation sites is 2. The van der Waals surface area contributed by atoms with Gasteiger partial charge in [0, 0.05) is 29.8 Å². The highest BCUT2D eigenvalue weighted by Crippen LogP contribution is 2.35. The van der Waals surface area contributed by atoms with E-state index < -0.39 is 0 Å². The van der Waals surface area contributed by atoms with Crippen molar-refractivity contribution in [2.24, 2.45) is 0 Å². The van der Waals surface area contributed by atoms with Crippen molar-refractivity contribution in [1.82, 2.24) is 5.32 Å². The van der Waals surface area contributed by atoms with Crippen molar-refractivity contribution in [3.8, 4) is 5.75 Å². The van der Waals surface area contributed by atoms with Crippen molar-refractivity contribution in [2.75, 3.05) is 23.8 Å². The zero-order chi connectivity index (χ0) is 17.9. The maximum absolute atomic E-state index is 12.5. The summed E-state index contributed by atoms with van der Waals surface area (Å²) in [4.78, 5) is 27.6. The fourth-order valence-corrected chi connectivity index (χ4v) is 4.31. The van der Waals surface area contributed by atoms with Crippen LogP contribution < -0.4 is 15.0 Å². The molecule has 0 radical (unpaired) electrons. The van der Waals surface area contributed by atoms with E-state index in [0.717, 1.165) is 28.3 Å². The predicted octanol–water partition coefficient (Wildman–Crippen LogP) is 3.16. The molecule has 26 heavy (non-hydrogen) atoms. The first-order chi connectivity index (χ1) is 12.7. The lowest BCUT2D eigenvalue weighted by atomic mass is 10.0. The Bertz CT molecular complexity index is 839. The van der Waals surface area contributed by atoms with Gasteiger partial charge in [0.15, 0.2) is 0 Å². The monoisotopic (exact) mass is 368 g/mol. The van der Waals surface area contributed by atoms with Crippen LogP contribution in [0.4, 0.5) is 5.69 Å². The Balaban J connectivity index is 1.40. The highest BCUT2D eigenvalue weighted by atomic mass is 32.2. The summed E-state index contributed by atoms with van der Waals surface area (Å²) in [6.45, 7) is 0.990. The third-order valence-corrected chi connectivity index (χ3v) is 5.71. The van der Waals surface area contributed by atoms with E-state index in [1.165, 1.54) is 0 Å². The van der Waals surface area contributed by atoms with Crippen LogP contribution in [-0.2, 0) is 9.59 Å². The van der Waals surface area contributed by atoms with E-state index >= 15 is 0 Å². The first-order valence-corrected chi connectivity index (χ1v) is 9.74. The first-order valence-electron chi connectivity index (χ1n) is 8.75. The first kappa shape index (κ1) is 17.0. The number of fused-ring (bicyclic) bond motifs is 2. The zero-order valence-electron chi connectivity index (χ0n) is 14.3. The molecular formula is C20H20N2O3S. The summed E-state index contributed by atoms with van der Waals surface area (Å²) in [6, 6.07) is 15.6. The number of amides is 2. The molecule has 1 atom stereocenters. The minimum atomic E-state index is -0.0461. The zero-order valence-corrected chi connectivity index (χ0v) is 15.1. The Labute approximate surface area is 156 Å². The third kappa shape index (κ3) is 3.42. The number of benzene rings is 2. The van der Waals surface area contributed by atoms with Crippen LogP contribution in [0.2, 0.25) is 0 Å². The van der Waals surface area contributed by atoms with Crippen LogP contribution in [0.25, 0.3) is 0 Å². The fourth-order valence-electron chi connectivity index (χ4n) is 3.37. The van der Waals surface area contributed by atoms with Gasteiger partial charge >= 0.3 is 0 Å². The fraction of sp³-hybridized carbons (Fsp3) is 0.300. The maximum atomic E-state index is 12.5. The number of ether oxygens (including phenoxy) is 1. The molecule has 4 rings (SSSR count). The van der Waals surface area contributed by atoms with Gasteiger partial charge in [-0.2, -0.15) is 0 Å². The molecule has 2 aromatic rings. The molecule has 2 aliphatic heterocycles. The van der Waals surface area contributed by atoms with Gasteiger partial charge in [-0.25, -0.2) is 0 Å². The van der Waals surface area contributed by atoms with E-state index in [9.17, 15) is 9.59 Å². The molecule has 0 saturated carbocycles. The summed E-state index contributed by atoms with van der Waals surface area (Å²) in [5.74, 6) is 1.26. The molecule has 0 aromatic heterocycles. The lowest BCUT2D eigenvalue weighted by Crippen LogP contribution is -2.39. The average Bonchev–Trinajstić information content (AvgIpc) is 2.67. The highest BCUT2D eigenvalue weighted by Gasteiger charge is 2.26. The maximum Gasteiger partial charge on any atom is 0.237 e. The topological polar surface area (TPSA) is 58.6 Å². The Morgan fingerprint density at radius 3 is 2.92 bits per heavy atom. The molecule has 0 spiro atoms. The van der Waals surface area contributed by atoms with Crippen molar-refractivity contribution in [2.45, 2.75) is 23.8 Å². The molecule has 0 aliphatic carbocycles. The largest absolute Gasteiger partial charge is 0.493 e. The van der Waals surface area contributed by atoms with Crippen LogP contribution >= 0.6 is 11.8 Å². The number of thioether (sulfide) groups is 1. The van der Waals surface area contributed by atoms with E-state index in [1.54, 1.807) is 16.7 Å². The number of hydrogen-bond donors (Lipinski definition) is 1. The van der Waals surface area contributed by atoms with Crippen LogP contribution in [0.15, 0.2) is 53.4 Å². The minimum Gasteiger partial charge on any atom is -0.493 e. The second-order valence-electron chi connectivity index (χ2n) is 6.35. The minimum absolute atomic E-state index is 0.0349. The van der Waals surface area contributed by atoms with Crippen molar-refractivity contribution in [3.05, 3.63) is 54.1 Å². The van der Waals surface area contributed by atoms with Crippen molar-refractivity contribution in [3.63, 3.8) is 0 Å². The van der Waals surface area contributed by atoms with Crippen LogP contribution in [0.5, 0.6) is 5.75 Å². The number of rotatable bonds is 4. The summed E-state index contributed by atoms with van der Waals surface area (Å²) < 4.78 is 5.64. The molecule has 2 aromatic carbocycles. The van der Waals surface area contributed by atoms with Gasteiger partial charge in [-0.1, -0.05) is 30.3 Å². The quantitative estimate of drug-likeness (QED) is 0.901. The molecule has 0 bridgehead atoms. The molecule has 5 nitrogen and oxygen atoms in total. The number of nitrogens with zero attached hydrogens (tertiary/aromatic N) is 1. The molecule has 0 fully saturated rings. The van der Waals surface area contributed by atoms with Gasteiger partial charge in [-0.15, -0.1) is 11.8 Å². The van der Waals surface area contributed by atoms with Crippen LogP contribution in [0.1, 0.15) is 24.4 Å². The van der Waals surface area contributed by atoms with Gasteiger partial charge in [-0.05, 0) is 18.2 Å². The summed E-state index contributed by atoms with van der Waals surface area (Å²) in [5, 5.41) is 3.09. The molecule has 2 heterocycles. The van der Waals surface area contributed by atoms with Crippen molar-refractivity contribution in [1.29, 1.82) is 0 Å². The second-order valence-corrected chi connectivity index (χ2v) is 7.36. The number of carbonyl (C=O) groups is 2. The number of carbonyl (C=O) groups excluding carboxylic acids is 2. The van der Waals surface area contributed by atoms with Crippen LogP contribution in [0.3, 0.4) is 0 Å². The van der Waals surface area contributed by atoms with E-state index in [2.05, 4.69) is 5.32 Å². The van der Waals surface area contributed by atoms with Crippen LogP contribution in [-0.4, -0.2) is 30.7 Å². The predicted molar refractivity (Wildman–Crippen MR) is 102 cm³/mol. The molecule has 134 valence electrons. The standard InChI is InChI=1S/C20H20N2O3S/c23-19(21-15-10-12-25-17-7-3-1-5-14(15)17)9-11-22-16-6-2-4-8-18(16)26-13-20(22)24/h1-8,15H,9-13H2,(H,21,23)/t15-/m1/s1. The summed E-state index contributed by atoms with van der Waals surface area (Å²) in [5.41, 5.74) is 1.92. The van der Waals surface area contributed by atoms with E-state index in [-0.39, 0.29) is 24.3 Å². The Kier molecular flexibility index (Phi) is 4.84. The third-order valence-electron chi connectivity index (χ3n) is 4.66. The molecule has 0 unspecified atom stereocenters. The lowest BCUT2D eigenvalue weighted by Gasteiger charge is -2.29. The molecule has 6 heteroatoms.